The van der Waals surface area contributed by atoms with Crippen molar-refractivity contribution in [2.45, 2.75) is 6.42 Å². The standard InChI is InChI=1S/C10H11BrF2O3S/c1-17(14,15)4-2-3-16-10-8(11)5-7(12)6-9(10)13/h5-6H,2-4H2,1H3. The summed E-state index contributed by atoms with van der Waals surface area (Å²) < 4.78 is 52.9. The molecule has 0 N–H and O–H groups in total. The first kappa shape index (κ1) is 14.4. The van der Waals surface area contributed by atoms with E-state index in [2.05, 4.69) is 15.9 Å². The Labute approximate surface area is 107 Å². The number of rotatable bonds is 5. The summed E-state index contributed by atoms with van der Waals surface area (Å²) in [6.07, 6.45) is 1.36. The van der Waals surface area contributed by atoms with Gasteiger partial charge in [-0.1, -0.05) is 0 Å². The van der Waals surface area contributed by atoms with Crippen LogP contribution in [0.5, 0.6) is 5.75 Å². The lowest BCUT2D eigenvalue weighted by Crippen LogP contribution is -2.08. The zero-order valence-corrected chi connectivity index (χ0v) is 11.4. The number of hydrogen-bond donors (Lipinski definition) is 0. The van der Waals surface area contributed by atoms with Gasteiger partial charge in [-0.25, -0.2) is 17.2 Å². The summed E-state index contributed by atoms with van der Waals surface area (Å²) in [6, 6.07) is 1.78. The van der Waals surface area contributed by atoms with Gasteiger partial charge in [0.25, 0.3) is 0 Å². The van der Waals surface area contributed by atoms with Crippen molar-refractivity contribution in [1.29, 1.82) is 0 Å². The molecule has 0 unspecified atom stereocenters. The molecule has 0 saturated heterocycles. The van der Waals surface area contributed by atoms with Crippen LogP contribution in [0.1, 0.15) is 6.42 Å². The molecule has 7 heteroatoms. The van der Waals surface area contributed by atoms with Gasteiger partial charge in [-0.15, -0.1) is 0 Å². The molecule has 0 atom stereocenters. The van der Waals surface area contributed by atoms with E-state index in [4.69, 9.17) is 4.74 Å². The fourth-order valence-electron chi connectivity index (χ4n) is 1.16. The van der Waals surface area contributed by atoms with E-state index in [-0.39, 0.29) is 29.0 Å². The highest BCUT2D eigenvalue weighted by Gasteiger charge is 2.11. The third-order valence-corrected chi connectivity index (χ3v) is 3.49. The molecule has 0 spiro atoms. The van der Waals surface area contributed by atoms with Gasteiger partial charge in [-0.3, -0.25) is 0 Å². The predicted molar refractivity (Wildman–Crippen MR) is 63.9 cm³/mol. The van der Waals surface area contributed by atoms with E-state index in [1.54, 1.807) is 0 Å². The predicted octanol–water partition coefficient (Wildman–Crippen LogP) is 2.54. The van der Waals surface area contributed by atoms with Crippen molar-refractivity contribution in [3.05, 3.63) is 28.2 Å². The van der Waals surface area contributed by atoms with Crippen LogP contribution in [-0.4, -0.2) is 27.0 Å². The van der Waals surface area contributed by atoms with Gasteiger partial charge in [0.15, 0.2) is 11.6 Å². The quantitative estimate of drug-likeness (QED) is 0.780. The molecule has 1 aromatic carbocycles. The minimum Gasteiger partial charge on any atom is -0.489 e. The molecule has 0 radical (unpaired) electrons. The summed E-state index contributed by atoms with van der Waals surface area (Å²) in [5.41, 5.74) is 0. The highest BCUT2D eigenvalue weighted by Crippen LogP contribution is 2.29. The van der Waals surface area contributed by atoms with E-state index in [0.29, 0.717) is 6.07 Å². The first-order chi connectivity index (χ1) is 7.79. The van der Waals surface area contributed by atoms with Crippen molar-refractivity contribution < 1.29 is 21.9 Å². The lowest BCUT2D eigenvalue weighted by atomic mass is 10.3. The monoisotopic (exact) mass is 328 g/mol. The lowest BCUT2D eigenvalue weighted by molar-refractivity contribution is 0.298. The summed E-state index contributed by atoms with van der Waals surface area (Å²) in [7, 11) is -3.05. The molecule has 0 aliphatic heterocycles. The second-order valence-corrected chi connectivity index (χ2v) is 6.64. The molecule has 0 saturated carbocycles. The van der Waals surface area contributed by atoms with Crippen LogP contribution in [0, 0.1) is 11.6 Å². The molecule has 1 aromatic rings. The summed E-state index contributed by atoms with van der Waals surface area (Å²) in [4.78, 5) is 0. The van der Waals surface area contributed by atoms with Gasteiger partial charge in [0.2, 0.25) is 0 Å². The Balaban J connectivity index is 2.58. The fourth-order valence-corrected chi connectivity index (χ4v) is 2.33. The van der Waals surface area contributed by atoms with E-state index in [0.717, 1.165) is 12.3 Å². The van der Waals surface area contributed by atoms with Gasteiger partial charge < -0.3 is 4.74 Å². The summed E-state index contributed by atoms with van der Waals surface area (Å²) >= 11 is 2.97. The summed E-state index contributed by atoms with van der Waals surface area (Å²) in [6.45, 7) is 0.0498. The Morgan fingerprint density at radius 3 is 2.53 bits per heavy atom. The third kappa shape index (κ3) is 4.99. The third-order valence-electron chi connectivity index (χ3n) is 1.87. The van der Waals surface area contributed by atoms with Gasteiger partial charge in [0, 0.05) is 12.3 Å². The molecule has 17 heavy (non-hydrogen) atoms. The fraction of sp³-hybridized carbons (Fsp3) is 0.400. The van der Waals surface area contributed by atoms with Gasteiger partial charge >= 0.3 is 0 Å². The zero-order chi connectivity index (χ0) is 13.1. The molecule has 3 nitrogen and oxygen atoms in total. The first-order valence-electron chi connectivity index (χ1n) is 4.74. The van der Waals surface area contributed by atoms with Gasteiger partial charge in [-0.2, -0.15) is 0 Å². The van der Waals surface area contributed by atoms with Gasteiger partial charge in [0.1, 0.15) is 15.7 Å². The molecule has 0 heterocycles. The van der Waals surface area contributed by atoms with E-state index >= 15 is 0 Å². The van der Waals surface area contributed by atoms with E-state index in [1.807, 2.05) is 0 Å². The molecule has 0 aromatic heterocycles. The van der Waals surface area contributed by atoms with Crippen molar-refractivity contribution in [2.75, 3.05) is 18.6 Å². The van der Waals surface area contributed by atoms with Crippen LogP contribution in [0.25, 0.3) is 0 Å². The van der Waals surface area contributed by atoms with Crippen LogP contribution in [0.3, 0.4) is 0 Å². The topological polar surface area (TPSA) is 43.4 Å². The molecular formula is C10H11BrF2O3S. The molecule has 0 aliphatic rings. The van der Waals surface area contributed by atoms with Crippen molar-refractivity contribution in [2.24, 2.45) is 0 Å². The zero-order valence-electron chi connectivity index (χ0n) is 9.04. The largest absolute Gasteiger partial charge is 0.489 e. The van der Waals surface area contributed by atoms with Crippen molar-refractivity contribution in [1.82, 2.24) is 0 Å². The molecule has 0 aliphatic carbocycles. The van der Waals surface area contributed by atoms with Crippen LogP contribution in [0.2, 0.25) is 0 Å². The van der Waals surface area contributed by atoms with Crippen LogP contribution < -0.4 is 4.74 Å². The van der Waals surface area contributed by atoms with E-state index < -0.39 is 21.5 Å². The minimum atomic E-state index is -3.05. The minimum absolute atomic E-state index is 0.0343. The second-order valence-electron chi connectivity index (χ2n) is 3.53. The van der Waals surface area contributed by atoms with Crippen LogP contribution in [0.15, 0.2) is 16.6 Å². The molecule has 0 bridgehead atoms. The molecule has 96 valence electrons. The number of ether oxygens (including phenoxy) is 1. The molecule has 0 amide bonds. The smallest absolute Gasteiger partial charge is 0.169 e. The Bertz CT molecular complexity index is 479. The van der Waals surface area contributed by atoms with E-state index in [1.165, 1.54) is 0 Å². The maximum Gasteiger partial charge on any atom is 0.169 e. The summed E-state index contributed by atoms with van der Waals surface area (Å²) in [5.74, 6) is -1.68. The molecule has 1 rings (SSSR count). The average Bonchev–Trinajstić information content (AvgIpc) is 2.13. The number of halogens is 3. The SMILES string of the molecule is CS(=O)(=O)CCCOc1c(F)cc(F)cc1Br. The number of hydrogen-bond acceptors (Lipinski definition) is 3. The maximum atomic E-state index is 13.3. The Hall–Kier alpha value is -0.690. The highest BCUT2D eigenvalue weighted by molar-refractivity contribution is 9.10. The number of sulfone groups is 1. The maximum absolute atomic E-state index is 13.3. The van der Waals surface area contributed by atoms with Crippen molar-refractivity contribution in [3.63, 3.8) is 0 Å². The molecular weight excluding hydrogens is 318 g/mol. The van der Waals surface area contributed by atoms with Gasteiger partial charge in [0.05, 0.1) is 16.8 Å². The lowest BCUT2D eigenvalue weighted by Gasteiger charge is -2.08. The Morgan fingerprint density at radius 2 is 2.00 bits per heavy atom. The Kier molecular flexibility index (Phi) is 4.88. The van der Waals surface area contributed by atoms with Crippen LogP contribution in [-0.2, 0) is 9.84 Å². The first-order valence-corrected chi connectivity index (χ1v) is 7.60. The van der Waals surface area contributed by atoms with Crippen LogP contribution in [0.4, 0.5) is 8.78 Å². The number of benzene rings is 1. The Morgan fingerprint density at radius 1 is 1.35 bits per heavy atom. The highest BCUT2D eigenvalue weighted by atomic mass is 79.9. The molecule has 0 fully saturated rings. The second kappa shape index (κ2) is 5.77. The van der Waals surface area contributed by atoms with Crippen molar-refractivity contribution in [3.8, 4) is 5.75 Å². The normalized spacial score (nSPS) is 11.5. The van der Waals surface area contributed by atoms with Gasteiger partial charge in [-0.05, 0) is 28.4 Å². The average molecular weight is 329 g/mol. The van der Waals surface area contributed by atoms with Crippen LogP contribution >= 0.6 is 15.9 Å². The van der Waals surface area contributed by atoms with Crippen molar-refractivity contribution >= 4 is 25.8 Å². The summed E-state index contributed by atoms with van der Waals surface area (Å²) in [5, 5.41) is 0. The van der Waals surface area contributed by atoms with E-state index in [9.17, 15) is 17.2 Å².